The highest BCUT2D eigenvalue weighted by atomic mass is 35.5. The number of nitrogens with one attached hydrogen (secondary N) is 1. The monoisotopic (exact) mass is 283 g/mol. The SMILES string of the molecule is O=C(Nc1c(Cl)ncnc1Cl)c1ccc(O)cc1. The van der Waals surface area contributed by atoms with Crippen LogP contribution in [-0.2, 0) is 0 Å². The highest BCUT2D eigenvalue weighted by molar-refractivity contribution is 6.38. The first-order valence-corrected chi connectivity index (χ1v) is 5.60. The summed E-state index contributed by atoms with van der Waals surface area (Å²) in [6.45, 7) is 0. The van der Waals surface area contributed by atoms with Crippen molar-refractivity contribution in [3.8, 4) is 5.75 Å². The van der Waals surface area contributed by atoms with E-state index in [1.807, 2.05) is 0 Å². The fraction of sp³-hybridized carbons (Fsp3) is 0. The maximum atomic E-state index is 11.9. The molecule has 7 heteroatoms. The molecule has 1 aromatic heterocycles. The number of hydrogen-bond donors (Lipinski definition) is 2. The quantitative estimate of drug-likeness (QED) is 0.831. The molecule has 0 radical (unpaired) electrons. The largest absolute Gasteiger partial charge is 0.508 e. The van der Waals surface area contributed by atoms with E-state index in [1.54, 1.807) is 0 Å². The van der Waals surface area contributed by atoms with Crippen LogP contribution in [0.15, 0.2) is 30.6 Å². The standard InChI is InChI=1S/C11H7Cl2N3O2/c12-9-8(10(13)15-5-14-9)16-11(18)6-1-3-7(17)4-2-6/h1-5,17H,(H,16,18). The van der Waals surface area contributed by atoms with Gasteiger partial charge in [0.25, 0.3) is 5.91 Å². The van der Waals surface area contributed by atoms with E-state index in [4.69, 9.17) is 28.3 Å². The van der Waals surface area contributed by atoms with Crippen LogP contribution in [0, 0.1) is 0 Å². The first kappa shape index (κ1) is 12.6. The average molecular weight is 284 g/mol. The summed E-state index contributed by atoms with van der Waals surface area (Å²) in [4.78, 5) is 19.3. The number of phenolic OH excluding ortho intramolecular Hbond substituents is 1. The second-order valence-corrected chi connectivity index (χ2v) is 4.05. The molecule has 18 heavy (non-hydrogen) atoms. The summed E-state index contributed by atoms with van der Waals surface area (Å²) in [5.41, 5.74) is 0.502. The van der Waals surface area contributed by atoms with Crippen LogP contribution in [0.3, 0.4) is 0 Å². The Morgan fingerprint density at radius 2 is 1.67 bits per heavy atom. The van der Waals surface area contributed by atoms with Crippen LogP contribution in [0.4, 0.5) is 5.69 Å². The zero-order valence-corrected chi connectivity index (χ0v) is 10.4. The van der Waals surface area contributed by atoms with Crippen molar-refractivity contribution in [1.29, 1.82) is 0 Å². The number of nitrogens with zero attached hydrogens (tertiary/aromatic N) is 2. The normalized spacial score (nSPS) is 10.1. The number of benzene rings is 1. The fourth-order valence-electron chi connectivity index (χ4n) is 1.25. The number of aromatic hydroxyl groups is 1. The molecule has 0 spiro atoms. The van der Waals surface area contributed by atoms with Crippen LogP contribution in [0.5, 0.6) is 5.75 Å². The number of amides is 1. The Kier molecular flexibility index (Phi) is 3.64. The Bertz CT molecular complexity index is 567. The van der Waals surface area contributed by atoms with Crippen LogP contribution in [0.25, 0.3) is 0 Å². The van der Waals surface area contributed by atoms with Gasteiger partial charge in [0.15, 0.2) is 10.3 Å². The molecule has 0 fully saturated rings. The molecule has 0 aliphatic heterocycles. The number of phenols is 1. The van der Waals surface area contributed by atoms with Crippen molar-refractivity contribution in [2.75, 3.05) is 5.32 Å². The van der Waals surface area contributed by atoms with E-state index in [0.717, 1.165) is 0 Å². The van der Waals surface area contributed by atoms with Gasteiger partial charge in [0.2, 0.25) is 0 Å². The van der Waals surface area contributed by atoms with Gasteiger partial charge in [-0.2, -0.15) is 0 Å². The van der Waals surface area contributed by atoms with Crippen LogP contribution in [0.1, 0.15) is 10.4 Å². The van der Waals surface area contributed by atoms with Gasteiger partial charge in [0.1, 0.15) is 17.8 Å². The van der Waals surface area contributed by atoms with E-state index in [-0.39, 0.29) is 21.7 Å². The third-order valence-electron chi connectivity index (χ3n) is 2.12. The Morgan fingerprint density at radius 1 is 1.11 bits per heavy atom. The molecular weight excluding hydrogens is 277 g/mol. The summed E-state index contributed by atoms with van der Waals surface area (Å²) < 4.78 is 0. The number of carbonyl (C=O) groups is 1. The predicted molar refractivity (Wildman–Crippen MR) is 68.1 cm³/mol. The fourth-order valence-corrected chi connectivity index (χ4v) is 1.66. The molecule has 1 heterocycles. The summed E-state index contributed by atoms with van der Waals surface area (Å²) >= 11 is 11.6. The zero-order valence-electron chi connectivity index (χ0n) is 8.89. The van der Waals surface area contributed by atoms with Gasteiger partial charge >= 0.3 is 0 Å². The molecule has 0 saturated heterocycles. The number of halogens is 2. The lowest BCUT2D eigenvalue weighted by Gasteiger charge is -2.07. The smallest absolute Gasteiger partial charge is 0.255 e. The second kappa shape index (κ2) is 5.20. The van der Waals surface area contributed by atoms with E-state index in [1.165, 1.54) is 30.6 Å². The van der Waals surface area contributed by atoms with Crippen molar-refractivity contribution in [2.45, 2.75) is 0 Å². The lowest BCUT2D eigenvalue weighted by atomic mass is 10.2. The maximum absolute atomic E-state index is 11.9. The highest BCUT2D eigenvalue weighted by Gasteiger charge is 2.13. The van der Waals surface area contributed by atoms with Gasteiger partial charge < -0.3 is 10.4 Å². The molecule has 0 aliphatic rings. The second-order valence-electron chi connectivity index (χ2n) is 3.33. The summed E-state index contributed by atoms with van der Waals surface area (Å²) in [6.07, 6.45) is 1.20. The number of carbonyl (C=O) groups excluding carboxylic acids is 1. The molecule has 5 nitrogen and oxygen atoms in total. The molecule has 0 atom stereocenters. The summed E-state index contributed by atoms with van der Waals surface area (Å²) in [5.74, 6) is -0.348. The van der Waals surface area contributed by atoms with Gasteiger partial charge in [-0.1, -0.05) is 23.2 Å². The van der Waals surface area contributed by atoms with Gasteiger partial charge in [-0.15, -0.1) is 0 Å². The Hall–Kier alpha value is -1.85. The van der Waals surface area contributed by atoms with Crippen LogP contribution < -0.4 is 5.32 Å². The number of rotatable bonds is 2. The predicted octanol–water partition coefficient (Wildman–Crippen LogP) is 2.74. The van der Waals surface area contributed by atoms with Crippen molar-refractivity contribution in [1.82, 2.24) is 9.97 Å². The molecule has 1 aromatic carbocycles. The van der Waals surface area contributed by atoms with E-state index >= 15 is 0 Å². The van der Waals surface area contributed by atoms with E-state index in [0.29, 0.717) is 5.56 Å². The van der Waals surface area contributed by atoms with Gasteiger partial charge in [0.05, 0.1) is 0 Å². The van der Waals surface area contributed by atoms with Crippen molar-refractivity contribution in [3.63, 3.8) is 0 Å². The Balaban J connectivity index is 2.24. The maximum Gasteiger partial charge on any atom is 0.255 e. The number of hydrogen-bond acceptors (Lipinski definition) is 4. The highest BCUT2D eigenvalue weighted by Crippen LogP contribution is 2.26. The molecule has 92 valence electrons. The first-order chi connectivity index (χ1) is 8.58. The molecule has 1 amide bonds. The van der Waals surface area contributed by atoms with Gasteiger partial charge in [-0.05, 0) is 24.3 Å². The molecule has 2 N–H and O–H groups in total. The minimum atomic E-state index is -0.423. The Morgan fingerprint density at radius 3 is 2.22 bits per heavy atom. The van der Waals surface area contributed by atoms with E-state index < -0.39 is 5.91 Å². The van der Waals surface area contributed by atoms with Crippen molar-refractivity contribution >= 4 is 34.8 Å². The average Bonchev–Trinajstić information content (AvgIpc) is 2.34. The third kappa shape index (κ3) is 2.69. The number of anilines is 1. The van der Waals surface area contributed by atoms with Crippen LogP contribution in [0.2, 0.25) is 10.3 Å². The zero-order chi connectivity index (χ0) is 13.1. The summed E-state index contributed by atoms with van der Waals surface area (Å²) in [7, 11) is 0. The molecular formula is C11H7Cl2N3O2. The van der Waals surface area contributed by atoms with E-state index in [9.17, 15) is 4.79 Å². The molecule has 0 unspecified atom stereocenters. The van der Waals surface area contributed by atoms with Crippen molar-refractivity contribution in [3.05, 3.63) is 46.5 Å². The van der Waals surface area contributed by atoms with Gasteiger partial charge in [0, 0.05) is 5.56 Å². The topological polar surface area (TPSA) is 75.1 Å². The molecule has 0 bridgehead atoms. The van der Waals surface area contributed by atoms with Crippen LogP contribution in [-0.4, -0.2) is 21.0 Å². The first-order valence-electron chi connectivity index (χ1n) is 4.84. The lowest BCUT2D eigenvalue weighted by Crippen LogP contribution is -2.13. The minimum Gasteiger partial charge on any atom is -0.508 e. The van der Waals surface area contributed by atoms with Crippen LogP contribution >= 0.6 is 23.2 Å². The van der Waals surface area contributed by atoms with Crippen molar-refractivity contribution < 1.29 is 9.90 Å². The third-order valence-corrected chi connectivity index (χ3v) is 2.70. The minimum absolute atomic E-state index is 0.0575. The van der Waals surface area contributed by atoms with Crippen molar-refractivity contribution in [2.24, 2.45) is 0 Å². The number of aromatic nitrogens is 2. The summed E-state index contributed by atoms with van der Waals surface area (Å²) in [5, 5.41) is 11.7. The van der Waals surface area contributed by atoms with Gasteiger partial charge in [-0.3, -0.25) is 4.79 Å². The molecule has 0 aliphatic carbocycles. The summed E-state index contributed by atoms with van der Waals surface area (Å²) in [6, 6.07) is 5.74. The Labute approximate surface area is 112 Å². The van der Waals surface area contributed by atoms with E-state index in [2.05, 4.69) is 15.3 Å². The molecule has 0 saturated carbocycles. The lowest BCUT2D eigenvalue weighted by molar-refractivity contribution is 0.102. The molecule has 2 rings (SSSR count). The van der Waals surface area contributed by atoms with Gasteiger partial charge in [-0.25, -0.2) is 9.97 Å². The molecule has 2 aromatic rings.